The molecule has 0 radical (unpaired) electrons. The van der Waals surface area contributed by atoms with Crippen molar-refractivity contribution in [3.8, 4) is 0 Å². The lowest BCUT2D eigenvalue weighted by molar-refractivity contribution is 0.00974. The van der Waals surface area contributed by atoms with Crippen LogP contribution in [0.4, 0.5) is 11.5 Å². The second-order valence-electron chi connectivity index (χ2n) is 7.52. The van der Waals surface area contributed by atoms with E-state index in [9.17, 15) is 8.42 Å². The van der Waals surface area contributed by atoms with E-state index in [4.69, 9.17) is 4.74 Å². The van der Waals surface area contributed by atoms with Crippen molar-refractivity contribution in [1.82, 2.24) is 4.98 Å². The third-order valence-electron chi connectivity index (χ3n) is 5.46. The molecule has 2 unspecified atom stereocenters. The van der Waals surface area contributed by atoms with E-state index in [1.807, 2.05) is 43.3 Å². The highest BCUT2D eigenvalue weighted by Crippen LogP contribution is 2.30. The summed E-state index contributed by atoms with van der Waals surface area (Å²) in [5.74, 6) is 0.667. The summed E-state index contributed by atoms with van der Waals surface area (Å²) >= 11 is 0. The summed E-state index contributed by atoms with van der Waals surface area (Å²) in [7, 11) is -3.68. The van der Waals surface area contributed by atoms with Gasteiger partial charge in [0.25, 0.3) is 10.0 Å². The molecular weight excluding hydrogens is 410 g/mol. The molecule has 4 rings (SSSR count). The molecule has 1 saturated heterocycles. The van der Waals surface area contributed by atoms with Gasteiger partial charge in [0.1, 0.15) is 10.7 Å². The Bertz CT molecular complexity index is 1070. The van der Waals surface area contributed by atoms with Crippen LogP contribution in [0.1, 0.15) is 31.4 Å². The molecule has 0 bridgehead atoms. The molecule has 0 amide bonds. The summed E-state index contributed by atoms with van der Waals surface area (Å²) in [5.41, 5.74) is 1.81. The highest BCUT2D eigenvalue weighted by atomic mass is 32.2. The molecule has 7 heteroatoms. The van der Waals surface area contributed by atoms with E-state index in [1.54, 1.807) is 24.3 Å². The summed E-state index contributed by atoms with van der Waals surface area (Å²) in [6.07, 6.45) is 3.19. The molecular formula is C24H27N3O3S. The van der Waals surface area contributed by atoms with Crippen LogP contribution in [-0.4, -0.2) is 32.6 Å². The van der Waals surface area contributed by atoms with Gasteiger partial charge < -0.3 is 10.1 Å². The van der Waals surface area contributed by atoms with Gasteiger partial charge >= 0.3 is 0 Å². The second-order valence-corrected chi connectivity index (χ2v) is 9.38. The maximum Gasteiger partial charge on any atom is 0.265 e. The first-order valence-electron chi connectivity index (χ1n) is 10.5. The maximum absolute atomic E-state index is 13.1. The van der Waals surface area contributed by atoms with Crippen LogP contribution in [0.2, 0.25) is 0 Å². The minimum Gasteiger partial charge on any atom is -0.373 e. The van der Waals surface area contributed by atoms with E-state index in [0.717, 1.165) is 12.8 Å². The first kappa shape index (κ1) is 21.3. The van der Waals surface area contributed by atoms with E-state index in [-0.39, 0.29) is 17.0 Å². The molecule has 1 aromatic heterocycles. The minimum atomic E-state index is -3.68. The molecule has 1 aliphatic heterocycles. The number of benzene rings is 2. The number of para-hydroxylation sites is 1. The zero-order valence-electron chi connectivity index (χ0n) is 17.5. The van der Waals surface area contributed by atoms with Crippen molar-refractivity contribution in [2.24, 2.45) is 0 Å². The summed E-state index contributed by atoms with van der Waals surface area (Å²) < 4.78 is 33.5. The van der Waals surface area contributed by atoms with Gasteiger partial charge in [-0.1, -0.05) is 48.5 Å². The van der Waals surface area contributed by atoms with E-state index in [1.165, 1.54) is 16.1 Å². The maximum atomic E-state index is 13.1. The molecule has 2 heterocycles. The van der Waals surface area contributed by atoms with Gasteiger partial charge in [-0.25, -0.2) is 13.4 Å². The van der Waals surface area contributed by atoms with Gasteiger partial charge in [0.05, 0.1) is 11.8 Å². The summed E-state index contributed by atoms with van der Waals surface area (Å²) in [6, 6.07) is 22.9. The number of nitrogens with one attached hydrogen (secondary N) is 1. The summed E-state index contributed by atoms with van der Waals surface area (Å²) in [6.45, 7) is 2.84. The SMILES string of the molecule is CCN(c1ccccc1)S(=O)(=O)c1ccc(NC2CCOC(c3ccccc3)C2)nc1. The Morgan fingerprint density at radius 3 is 2.39 bits per heavy atom. The largest absolute Gasteiger partial charge is 0.373 e. The fourth-order valence-electron chi connectivity index (χ4n) is 3.87. The van der Waals surface area contributed by atoms with Crippen LogP contribution in [-0.2, 0) is 14.8 Å². The lowest BCUT2D eigenvalue weighted by atomic mass is 9.97. The van der Waals surface area contributed by atoms with Crippen molar-refractivity contribution in [1.29, 1.82) is 0 Å². The smallest absolute Gasteiger partial charge is 0.265 e. The minimum absolute atomic E-state index is 0.0519. The molecule has 162 valence electrons. The molecule has 0 aliphatic carbocycles. The molecule has 1 fully saturated rings. The Kier molecular flexibility index (Phi) is 6.53. The Morgan fingerprint density at radius 2 is 1.74 bits per heavy atom. The van der Waals surface area contributed by atoms with Gasteiger partial charge in [0, 0.05) is 25.4 Å². The lowest BCUT2D eigenvalue weighted by Crippen LogP contribution is -2.31. The molecule has 2 atom stereocenters. The van der Waals surface area contributed by atoms with Gasteiger partial charge in [-0.2, -0.15) is 0 Å². The standard InChI is InChI=1S/C24H27N3O3S/c1-2-27(21-11-7-4-8-12-21)31(28,29)22-13-14-24(25-18-22)26-20-15-16-30-23(17-20)19-9-5-3-6-10-19/h3-14,18,20,23H,2,15-17H2,1H3,(H,25,26). The number of nitrogens with zero attached hydrogens (tertiary/aromatic N) is 2. The van der Waals surface area contributed by atoms with Crippen LogP contribution >= 0.6 is 0 Å². The summed E-state index contributed by atoms with van der Waals surface area (Å²) in [4.78, 5) is 4.57. The average molecular weight is 438 g/mol. The van der Waals surface area contributed by atoms with Crippen LogP contribution in [0, 0.1) is 0 Å². The van der Waals surface area contributed by atoms with E-state index in [0.29, 0.717) is 24.7 Å². The molecule has 0 spiro atoms. The van der Waals surface area contributed by atoms with E-state index < -0.39 is 10.0 Å². The van der Waals surface area contributed by atoms with Crippen molar-refractivity contribution in [3.63, 3.8) is 0 Å². The fraction of sp³-hybridized carbons (Fsp3) is 0.292. The van der Waals surface area contributed by atoms with Crippen LogP contribution < -0.4 is 9.62 Å². The van der Waals surface area contributed by atoms with Gasteiger partial charge in [-0.05, 0) is 49.6 Å². The Labute approximate surface area is 183 Å². The Morgan fingerprint density at radius 1 is 1.03 bits per heavy atom. The zero-order valence-corrected chi connectivity index (χ0v) is 18.3. The third-order valence-corrected chi connectivity index (χ3v) is 7.35. The summed E-state index contributed by atoms with van der Waals surface area (Å²) in [5, 5.41) is 3.43. The van der Waals surface area contributed by atoms with Crippen molar-refractivity contribution >= 4 is 21.5 Å². The van der Waals surface area contributed by atoms with Gasteiger partial charge in [0.2, 0.25) is 0 Å². The quantitative estimate of drug-likeness (QED) is 0.584. The van der Waals surface area contributed by atoms with Crippen LogP contribution in [0.3, 0.4) is 0 Å². The first-order valence-corrected chi connectivity index (χ1v) is 12.0. The number of sulfonamides is 1. The number of anilines is 2. The number of pyridine rings is 1. The van der Waals surface area contributed by atoms with Crippen LogP contribution in [0.5, 0.6) is 0 Å². The molecule has 3 aromatic rings. The molecule has 2 aromatic carbocycles. The highest BCUT2D eigenvalue weighted by molar-refractivity contribution is 7.92. The Hall–Kier alpha value is -2.90. The molecule has 1 aliphatic rings. The lowest BCUT2D eigenvalue weighted by Gasteiger charge is -2.30. The predicted molar refractivity (Wildman–Crippen MR) is 123 cm³/mol. The number of aromatic nitrogens is 1. The van der Waals surface area contributed by atoms with Crippen molar-refractivity contribution in [2.75, 3.05) is 22.8 Å². The first-order chi connectivity index (χ1) is 15.1. The topological polar surface area (TPSA) is 71.5 Å². The fourth-order valence-corrected chi connectivity index (χ4v) is 5.29. The van der Waals surface area contributed by atoms with Gasteiger partial charge in [0.15, 0.2) is 0 Å². The van der Waals surface area contributed by atoms with Crippen molar-refractivity contribution in [3.05, 3.63) is 84.6 Å². The van der Waals surface area contributed by atoms with E-state index >= 15 is 0 Å². The third kappa shape index (κ3) is 4.89. The monoisotopic (exact) mass is 437 g/mol. The molecule has 0 saturated carbocycles. The van der Waals surface area contributed by atoms with Crippen molar-refractivity contribution < 1.29 is 13.2 Å². The average Bonchev–Trinajstić information content (AvgIpc) is 2.81. The number of ether oxygens (including phenoxy) is 1. The highest BCUT2D eigenvalue weighted by Gasteiger charge is 2.26. The molecule has 1 N–H and O–H groups in total. The van der Waals surface area contributed by atoms with Gasteiger partial charge in [-0.3, -0.25) is 4.31 Å². The molecule has 6 nitrogen and oxygen atoms in total. The van der Waals surface area contributed by atoms with Crippen LogP contribution in [0.25, 0.3) is 0 Å². The van der Waals surface area contributed by atoms with Crippen LogP contribution in [0.15, 0.2) is 83.9 Å². The predicted octanol–water partition coefficient (Wildman–Crippen LogP) is 4.63. The second kappa shape index (κ2) is 9.49. The number of hydrogen-bond donors (Lipinski definition) is 1. The van der Waals surface area contributed by atoms with Gasteiger partial charge in [-0.15, -0.1) is 0 Å². The Balaban J connectivity index is 1.45. The normalized spacial score (nSPS) is 19.0. The number of rotatable bonds is 7. The number of hydrogen-bond acceptors (Lipinski definition) is 5. The molecule has 31 heavy (non-hydrogen) atoms. The van der Waals surface area contributed by atoms with E-state index in [2.05, 4.69) is 22.4 Å². The van der Waals surface area contributed by atoms with Crippen molar-refractivity contribution in [2.45, 2.75) is 36.8 Å². The zero-order chi connectivity index (χ0) is 21.7.